The molecule has 0 atom stereocenters. The lowest BCUT2D eigenvalue weighted by atomic mass is 10.1. The Labute approximate surface area is 125 Å². The van der Waals surface area contributed by atoms with Crippen LogP contribution in [0.5, 0.6) is 0 Å². The summed E-state index contributed by atoms with van der Waals surface area (Å²) >= 11 is 1.52. The van der Waals surface area contributed by atoms with E-state index in [1.54, 1.807) is 10.8 Å². The van der Waals surface area contributed by atoms with Crippen molar-refractivity contribution in [1.29, 1.82) is 0 Å². The van der Waals surface area contributed by atoms with E-state index in [1.807, 2.05) is 32.9 Å². The maximum atomic E-state index is 11.2. The van der Waals surface area contributed by atoms with E-state index in [-0.39, 0.29) is 6.54 Å². The summed E-state index contributed by atoms with van der Waals surface area (Å²) in [5, 5.41) is 10.1. The largest absolute Gasteiger partial charge is 0.480 e. The smallest absolute Gasteiger partial charge is 0.323 e. The number of rotatable bonds is 3. The van der Waals surface area contributed by atoms with Crippen molar-refractivity contribution in [2.75, 3.05) is 0 Å². The number of carbonyl (C=O) groups is 1. The summed E-state index contributed by atoms with van der Waals surface area (Å²) in [6.45, 7) is 5.86. The van der Waals surface area contributed by atoms with Crippen molar-refractivity contribution in [3.63, 3.8) is 0 Å². The number of carboxylic acid groups (broad SMARTS) is 1. The van der Waals surface area contributed by atoms with Crippen molar-refractivity contribution in [3.05, 3.63) is 34.5 Å². The van der Waals surface area contributed by atoms with Gasteiger partial charge < -0.3 is 9.67 Å². The van der Waals surface area contributed by atoms with E-state index in [1.165, 1.54) is 11.3 Å². The first-order chi connectivity index (χ1) is 9.95. The normalized spacial score (nSPS) is 11.2. The summed E-state index contributed by atoms with van der Waals surface area (Å²) in [5.41, 5.74) is 3.94. The van der Waals surface area contributed by atoms with Crippen molar-refractivity contribution in [2.24, 2.45) is 0 Å². The molecule has 0 aliphatic heterocycles. The van der Waals surface area contributed by atoms with Crippen LogP contribution in [-0.2, 0) is 11.3 Å². The molecule has 3 rings (SSSR count). The van der Waals surface area contributed by atoms with Gasteiger partial charge in [-0.25, -0.2) is 9.97 Å². The molecule has 1 N–H and O–H groups in total. The van der Waals surface area contributed by atoms with Gasteiger partial charge >= 0.3 is 5.97 Å². The Morgan fingerprint density at radius 1 is 1.29 bits per heavy atom. The maximum Gasteiger partial charge on any atom is 0.323 e. The summed E-state index contributed by atoms with van der Waals surface area (Å²) < 4.78 is 1.75. The summed E-state index contributed by atoms with van der Waals surface area (Å²) in [4.78, 5) is 20.9. The minimum absolute atomic E-state index is 0.106. The number of hydrogen-bond donors (Lipinski definition) is 1. The van der Waals surface area contributed by atoms with E-state index in [4.69, 9.17) is 0 Å². The molecule has 0 spiro atoms. The summed E-state index contributed by atoms with van der Waals surface area (Å²) in [5.74, 6) is -0.210. The minimum atomic E-state index is -0.880. The first-order valence-corrected chi connectivity index (χ1v) is 7.39. The molecular weight excluding hydrogens is 286 g/mol. The molecule has 21 heavy (non-hydrogen) atoms. The number of nitrogens with zero attached hydrogens (tertiary/aromatic N) is 3. The van der Waals surface area contributed by atoms with Gasteiger partial charge in [0.05, 0.1) is 20.9 Å². The van der Waals surface area contributed by atoms with E-state index in [0.29, 0.717) is 5.82 Å². The Balaban J connectivity index is 2.29. The van der Waals surface area contributed by atoms with E-state index in [9.17, 15) is 9.90 Å². The zero-order chi connectivity index (χ0) is 15.1. The first-order valence-electron chi connectivity index (χ1n) is 6.58. The van der Waals surface area contributed by atoms with Gasteiger partial charge in [0.1, 0.15) is 6.54 Å². The number of aliphatic carboxylic acids is 1. The lowest BCUT2D eigenvalue weighted by Gasteiger charge is -2.05. The van der Waals surface area contributed by atoms with Crippen molar-refractivity contribution < 1.29 is 9.90 Å². The van der Waals surface area contributed by atoms with Gasteiger partial charge in [-0.2, -0.15) is 0 Å². The maximum absolute atomic E-state index is 11.2. The molecule has 0 saturated carbocycles. The fourth-order valence-corrected chi connectivity index (χ4v) is 3.10. The molecule has 0 saturated heterocycles. The summed E-state index contributed by atoms with van der Waals surface area (Å²) in [6, 6.07) is 4.00. The van der Waals surface area contributed by atoms with Crippen LogP contribution in [0.25, 0.3) is 21.7 Å². The molecule has 0 aliphatic rings. The van der Waals surface area contributed by atoms with Crippen LogP contribution in [0.3, 0.4) is 0 Å². The molecule has 0 bridgehead atoms. The number of aromatic nitrogens is 3. The molecule has 1 aromatic carbocycles. The van der Waals surface area contributed by atoms with Gasteiger partial charge in [-0.1, -0.05) is 0 Å². The Bertz CT molecular complexity index is 848. The van der Waals surface area contributed by atoms with E-state index in [0.717, 1.165) is 32.0 Å². The molecule has 0 radical (unpaired) electrons. The molecule has 0 aliphatic carbocycles. The van der Waals surface area contributed by atoms with Crippen LogP contribution < -0.4 is 0 Å². The monoisotopic (exact) mass is 301 g/mol. The molecule has 6 heteroatoms. The highest BCUT2D eigenvalue weighted by Crippen LogP contribution is 2.30. The third kappa shape index (κ3) is 2.42. The number of fused-ring (bicyclic) bond motifs is 1. The average Bonchev–Trinajstić information content (AvgIpc) is 2.95. The fourth-order valence-electron chi connectivity index (χ4n) is 2.33. The average molecular weight is 301 g/mol. The number of imidazole rings is 1. The highest BCUT2D eigenvalue weighted by Gasteiger charge is 2.17. The number of aryl methyl sites for hydroxylation is 3. The Morgan fingerprint density at radius 2 is 2.00 bits per heavy atom. The molecule has 2 heterocycles. The molecule has 108 valence electrons. The molecule has 5 nitrogen and oxygen atoms in total. The second kappa shape index (κ2) is 4.96. The standard InChI is InChI=1S/C15H15N3O2S/c1-8-4-11-12(5-9(8)2)18(7-14(19)20)15(17-11)13-6-16-10(3)21-13/h4-6H,7H2,1-3H3,(H,19,20). The van der Waals surface area contributed by atoms with E-state index < -0.39 is 5.97 Å². The Kier molecular flexibility index (Phi) is 3.25. The number of benzene rings is 1. The van der Waals surface area contributed by atoms with Gasteiger partial charge in [0.15, 0.2) is 5.82 Å². The molecule has 0 fully saturated rings. The molecule has 3 aromatic rings. The zero-order valence-corrected chi connectivity index (χ0v) is 12.9. The summed E-state index contributed by atoms with van der Waals surface area (Å²) in [7, 11) is 0. The fraction of sp³-hybridized carbons (Fsp3) is 0.267. The van der Waals surface area contributed by atoms with Crippen LogP contribution in [0.2, 0.25) is 0 Å². The van der Waals surface area contributed by atoms with Crippen molar-refractivity contribution in [1.82, 2.24) is 14.5 Å². The first kappa shape index (κ1) is 13.8. The predicted octanol–water partition coefficient (Wildman–Crippen LogP) is 3.17. The number of hydrogen-bond acceptors (Lipinski definition) is 4. The van der Waals surface area contributed by atoms with Crippen LogP contribution >= 0.6 is 11.3 Å². The van der Waals surface area contributed by atoms with Gasteiger partial charge in [0.2, 0.25) is 0 Å². The Morgan fingerprint density at radius 3 is 2.62 bits per heavy atom. The van der Waals surface area contributed by atoms with Gasteiger partial charge in [-0.05, 0) is 44.0 Å². The highest BCUT2D eigenvalue weighted by atomic mass is 32.1. The molecule has 0 amide bonds. The zero-order valence-electron chi connectivity index (χ0n) is 12.0. The SMILES string of the molecule is Cc1ncc(-c2nc3cc(C)c(C)cc3n2CC(=O)O)s1. The highest BCUT2D eigenvalue weighted by molar-refractivity contribution is 7.15. The van der Waals surface area contributed by atoms with Crippen LogP contribution in [0, 0.1) is 20.8 Å². The minimum Gasteiger partial charge on any atom is -0.480 e. The number of carboxylic acids is 1. The van der Waals surface area contributed by atoms with Crippen LogP contribution in [0.1, 0.15) is 16.1 Å². The van der Waals surface area contributed by atoms with Crippen molar-refractivity contribution in [3.8, 4) is 10.7 Å². The topological polar surface area (TPSA) is 68.0 Å². The van der Waals surface area contributed by atoms with Crippen LogP contribution in [0.4, 0.5) is 0 Å². The van der Waals surface area contributed by atoms with Crippen molar-refractivity contribution in [2.45, 2.75) is 27.3 Å². The van der Waals surface area contributed by atoms with E-state index in [2.05, 4.69) is 9.97 Å². The van der Waals surface area contributed by atoms with E-state index >= 15 is 0 Å². The van der Waals surface area contributed by atoms with Crippen LogP contribution in [0.15, 0.2) is 18.3 Å². The third-order valence-electron chi connectivity index (χ3n) is 3.50. The van der Waals surface area contributed by atoms with Crippen molar-refractivity contribution >= 4 is 28.3 Å². The lowest BCUT2D eigenvalue weighted by molar-refractivity contribution is -0.137. The van der Waals surface area contributed by atoms with Gasteiger partial charge in [0, 0.05) is 6.20 Å². The van der Waals surface area contributed by atoms with Gasteiger partial charge in [-0.15, -0.1) is 11.3 Å². The van der Waals surface area contributed by atoms with Gasteiger partial charge in [-0.3, -0.25) is 4.79 Å². The predicted molar refractivity (Wildman–Crippen MR) is 82.7 cm³/mol. The van der Waals surface area contributed by atoms with Gasteiger partial charge in [0.25, 0.3) is 0 Å². The third-order valence-corrected chi connectivity index (χ3v) is 4.41. The lowest BCUT2D eigenvalue weighted by Crippen LogP contribution is -2.09. The molecule has 2 aromatic heterocycles. The number of thiazole rings is 1. The molecular formula is C15H15N3O2S. The quantitative estimate of drug-likeness (QED) is 0.807. The molecule has 0 unspecified atom stereocenters. The second-order valence-electron chi connectivity index (χ2n) is 5.08. The second-order valence-corrected chi connectivity index (χ2v) is 6.32. The van der Waals surface area contributed by atoms with Crippen LogP contribution in [-0.4, -0.2) is 25.6 Å². The Hall–Kier alpha value is -2.21. The summed E-state index contributed by atoms with van der Waals surface area (Å²) in [6.07, 6.45) is 1.75.